The number of aliphatic imine (C=N–C) groups is 1. The van der Waals surface area contributed by atoms with E-state index in [4.69, 9.17) is 19.2 Å². The summed E-state index contributed by atoms with van der Waals surface area (Å²) < 4.78 is 16.1. The van der Waals surface area contributed by atoms with Crippen LogP contribution in [0.5, 0.6) is 17.2 Å². The summed E-state index contributed by atoms with van der Waals surface area (Å²) in [4.78, 5) is 7.43. The summed E-state index contributed by atoms with van der Waals surface area (Å²) in [6.45, 7) is 1.40. The Kier molecular flexibility index (Phi) is 9.49. The summed E-state index contributed by atoms with van der Waals surface area (Å²) in [5.74, 6) is 3.31. The minimum absolute atomic E-state index is 0.701. The van der Waals surface area contributed by atoms with E-state index in [1.165, 1.54) is 16.7 Å². The quantitative estimate of drug-likeness (QED) is 0.164. The summed E-state index contributed by atoms with van der Waals surface area (Å²) >= 11 is 1.74. The van der Waals surface area contributed by atoms with Gasteiger partial charge in [-0.05, 0) is 65.2 Å². The molecule has 6 heteroatoms. The van der Waals surface area contributed by atoms with Crippen LogP contribution in [0.25, 0.3) is 0 Å². The number of benzene rings is 4. The Morgan fingerprint density at radius 1 is 0.595 bits per heavy atom. The molecule has 0 aromatic heterocycles. The zero-order valence-electron chi connectivity index (χ0n) is 21.5. The molecule has 0 amide bonds. The van der Waals surface area contributed by atoms with Gasteiger partial charge in [-0.15, -0.1) is 0 Å². The lowest BCUT2D eigenvalue weighted by Gasteiger charge is -2.26. The molecule has 0 spiro atoms. The Morgan fingerprint density at radius 3 is 1.51 bits per heavy atom. The number of methoxy groups -OCH3 is 3. The van der Waals surface area contributed by atoms with Gasteiger partial charge in [0.25, 0.3) is 0 Å². The molecule has 0 saturated heterocycles. The van der Waals surface area contributed by atoms with E-state index in [2.05, 4.69) is 53.4 Å². The number of nitrogens with zero attached hydrogens (tertiary/aromatic N) is 2. The smallest absolute Gasteiger partial charge is 0.165 e. The van der Waals surface area contributed by atoms with E-state index in [-0.39, 0.29) is 0 Å². The van der Waals surface area contributed by atoms with Crippen LogP contribution in [0.15, 0.2) is 108 Å². The zero-order valence-corrected chi connectivity index (χ0v) is 22.3. The van der Waals surface area contributed by atoms with Crippen molar-refractivity contribution >= 4 is 22.6 Å². The van der Waals surface area contributed by atoms with Gasteiger partial charge in [-0.1, -0.05) is 66.4 Å². The average molecular weight is 513 g/mol. The Morgan fingerprint density at radius 2 is 1.05 bits per heavy atom. The van der Waals surface area contributed by atoms with Crippen LogP contribution in [0.2, 0.25) is 0 Å². The Labute approximate surface area is 223 Å². The second-order valence-electron chi connectivity index (χ2n) is 8.42. The van der Waals surface area contributed by atoms with Gasteiger partial charge in [0.1, 0.15) is 17.2 Å². The van der Waals surface area contributed by atoms with Gasteiger partial charge in [0.15, 0.2) is 5.17 Å². The van der Waals surface area contributed by atoms with Gasteiger partial charge in [-0.25, -0.2) is 4.99 Å². The third-order valence-corrected chi connectivity index (χ3v) is 6.93. The van der Waals surface area contributed by atoms with Crippen molar-refractivity contribution in [2.45, 2.75) is 18.8 Å². The maximum atomic E-state index is 5.36. The standard InChI is InChI=1S/C31H32N2O3S/c1-34-28-15-9-24(10-16-28)21-33(22-25-11-17-29(35-2)18-12-25)31(37-23-26-7-5-4-6-8-26)32-27-13-19-30(36-3)20-14-27/h4-20H,21-23H2,1-3H3. The third-order valence-electron chi connectivity index (χ3n) is 5.84. The number of rotatable bonds is 10. The highest BCUT2D eigenvalue weighted by atomic mass is 32.2. The highest BCUT2D eigenvalue weighted by molar-refractivity contribution is 8.13. The van der Waals surface area contributed by atoms with Gasteiger partial charge in [0, 0.05) is 18.8 Å². The van der Waals surface area contributed by atoms with Gasteiger partial charge in [-0.3, -0.25) is 0 Å². The molecule has 4 aromatic rings. The molecule has 0 atom stereocenters. The third kappa shape index (κ3) is 7.79. The first kappa shape index (κ1) is 26.2. The molecule has 190 valence electrons. The first-order chi connectivity index (χ1) is 18.2. The minimum Gasteiger partial charge on any atom is -0.497 e. The van der Waals surface area contributed by atoms with E-state index < -0.39 is 0 Å². The molecule has 4 aromatic carbocycles. The van der Waals surface area contributed by atoms with Gasteiger partial charge >= 0.3 is 0 Å². The Balaban J connectivity index is 1.68. The van der Waals surface area contributed by atoms with Crippen molar-refractivity contribution in [3.63, 3.8) is 0 Å². The molecule has 0 heterocycles. The van der Waals surface area contributed by atoms with Crippen LogP contribution in [0.3, 0.4) is 0 Å². The highest BCUT2D eigenvalue weighted by Crippen LogP contribution is 2.26. The average Bonchev–Trinajstić information content (AvgIpc) is 2.96. The fourth-order valence-corrected chi connectivity index (χ4v) is 4.75. The number of ether oxygens (including phenoxy) is 3. The number of thioether (sulfide) groups is 1. The molecule has 0 N–H and O–H groups in total. The summed E-state index contributed by atoms with van der Waals surface area (Å²) in [7, 11) is 5.04. The summed E-state index contributed by atoms with van der Waals surface area (Å²) in [5.41, 5.74) is 4.49. The van der Waals surface area contributed by atoms with Crippen LogP contribution in [-0.2, 0) is 18.8 Å². The van der Waals surface area contributed by atoms with Crippen LogP contribution >= 0.6 is 11.8 Å². The predicted molar refractivity (Wildman–Crippen MR) is 153 cm³/mol. The lowest BCUT2D eigenvalue weighted by molar-refractivity contribution is 0.405. The van der Waals surface area contributed by atoms with Crippen LogP contribution in [-0.4, -0.2) is 31.4 Å². The van der Waals surface area contributed by atoms with Crippen molar-refractivity contribution in [3.8, 4) is 17.2 Å². The molecule has 0 aliphatic heterocycles. The molecule has 0 unspecified atom stereocenters. The number of hydrogen-bond acceptors (Lipinski definition) is 5. The van der Waals surface area contributed by atoms with Crippen molar-refractivity contribution < 1.29 is 14.2 Å². The van der Waals surface area contributed by atoms with Crippen LogP contribution in [0, 0.1) is 0 Å². The second-order valence-corrected chi connectivity index (χ2v) is 9.36. The van der Waals surface area contributed by atoms with Crippen LogP contribution in [0.1, 0.15) is 16.7 Å². The first-order valence-electron chi connectivity index (χ1n) is 12.1. The molecule has 37 heavy (non-hydrogen) atoms. The summed E-state index contributed by atoms with van der Waals surface area (Å²) in [5, 5.41) is 0.945. The lowest BCUT2D eigenvalue weighted by Crippen LogP contribution is -2.28. The van der Waals surface area contributed by atoms with E-state index in [1.807, 2.05) is 54.6 Å². The topological polar surface area (TPSA) is 43.3 Å². The largest absolute Gasteiger partial charge is 0.497 e. The van der Waals surface area contributed by atoms with Gasteiger partial charge < -0.3 is 19.1 Å². The molecule has 0 aliphatic carbocycles. The fraction of sp³-hybridized carbons (Fsp3) is 0.194. The first-order valence-corrected chi connectivity index (χ1v) is 13.1. The van der Waals surface area contributed by atoms with Gasteiger partial charge in [0.05, 0.1) is 27.0 Å². The monoisotopic (exact) mass is 512 g/mol. The van der Waals surface area contributed by atoms with E-state index in [1.54, 1.807) is 33.1 Å². The molecule has 5 nitrogen and oxygen atoms in total. The fourth-order valence-electron chi connectivity index (χ4n) is 3.78. The van der Waals surface area contributed by atoms with Gasteiger partial charge in [-0.2, -0.15) is 0 Å². The van der Waals surface area contributed by atoms with Crippen molar-refractivity contribution in [2.75, 3.05) is 21.3 Å². The maximum absolute atomic E-state index is 5.36. The van der Waals surface area contributed by atoms with Crippen molar-refractivity contribution in [1.29, 1.82) is 0 Å². The van der Waals surface area contributed by atoms with Crippen molar-refractivity contribution in [1.82, 2.24) is 4.90 Å². The molecule has 4 rings (SSSR count). The maximum Gasteiger partial charge on any atom is 0.165 e. The van der Waals surface area contributed by atoms with Crippen LogP contribution < -0.4 is 14.2 Å². The van der Waals surface area contributed by atoms with E-state index >= 15 is 0 Å². The Bertz CT molecular complexity index is 1210. The Hall–Kier alpha value is -3.90. The molecule has 0 saturated carbocycles. The minimum atomic E-state index is 0.701. The molecule has 0 bridgehead atoms. The van der Waals surface area contributed by atoms with Gasteiger partial charge in [0.2, 0.25) is 0 Å². The number of hydrogen-bond donors (Lipinski definition) is 0. The molecular weight excluding hydrogens is 480 g/mol. The molecular formula is C31H32N2O3S. The molecule has 0 fully saturated rings. The SMILES string of the molecule is COc1ccc(CN(Cc2ccc(OC)cc2)C(=Nc2ccc(OC)cc2)SCc2ccccc2)cc1. The summed E-state index contributed by atoms with van der Waals surface area (Å²) in [6.07, 6.45) is 0. The summed E-state index contributed by atoms with van der Waals surface area (Å²) in [6, 6.07) is 34.7. The zero-order chi connectivity index (χ0) is 25.9. The molecule has 0 radical (unpaired) electrons. The molecule has 0 aliphatic rings. The van der Waals surface area contributed by atoms with E-state index in [9.17, 15) is 0 Å². The van der Waals surface area contributed by atoms with Crippen molar-refractivity contribution in [3.05, 3.63) is 120 Å². The normalized spacial score (nSPS) is 11.2. The van der Waals surface area contributed by atoms with E-state index in [0.29, 0.717) is 13.1 Å². The number of amidine groups is 1. The van der Waals surface area contributed by atoms with E-state index in [0.717, 1.165) is 33.9 Å². The predicted octanol–water partition coefficient (Wildman–Crippen LogP) is 7.34. The highest BCUT2D eigenvalue weighted by Gasteiger charge is 2.15. The van der Waals surface area contributed by atoms with Crippen molar-refractivity contribution in [2.24, 2.45) is 4.99 Å². The van der Waals surface area contributed by atoms with Crippen LogP contribution in [0.4, 0.5) is 5.69 Å². The lowest BCUT2D eigenvalue weighted by atomic mass is 10.1. The second kappa shape index (κ2) is 13.4.